The lowest BCUT2D eigenvalue weighted by atomic mass is 9.72. The molecule has 0 amide bonds. The molecule has 2 aliphatic rings. The highest BCUT2D eigenvalue weighted by Gasteiger charge is 2.61. The van der Waals surface area contributed by atoms with Crippen LogP contribution in [-0.2, 0) is 16.8 Å². The Morgan fingerprint density at radius 1 is 1.15 bits per heavy atom. The SMILES string of the molecule is CC1(C)Cc2ccccc2C12OC(=O)c1ccncc12. The van der Waals surface area contributed by atoms with Gasteiger partial charge in [-0.2, -0.15) is 0 Å². The van der Waals surface area contributed by atoms with E-state index >= 15 is 0 Å². The Morgan fingerprint density at radius 3 is 2.80 bits per heavy atom. The van der Waals surface area contributed by atoms with Crippen LogP contribution < -0.4 is 0 Å². The quantitative estimate of drug-likeness (QED) is 0.687. The smallest absolute Gasteiger partial charge is 0.339 e. The number of rotatable bonds is 0. The Bertz CT molecular complexity index is 735. The van der Waals surface area contributed by atoms with Gasteiger partial charge in [-0.05, 0) is 18.1 Å². The molecule has 0 N–H and O–H groups in total. The van der Waals surface area contributed by atoms with Crippen LogP contribution in [-0.4, -0.2) is 11.0 Å². The number of fused-ring (bicyclic) bond motifs is 4. The number of carbonyl (C=O) groups is 1. The second-order valence-electron chi connectivity index (χ2n) is 6.21. The van der Waals surface area contributed by atoms with Crippen molar-refractivity contribution in [2.45, 2.75) is 25.9 Å². The molecule has 0 bridgehead atoms. The number of carbonyl (C=O) groups excluding carboxylic acids is 1. The third-order valence-electron chi connectivity index (χ3n) is 4.65. The minimum Gasteiger partial charge on any atom is -0.445 e. The minimum atomic E-state index is -0.690. The molecule has 2 heterocycles. The molecule has 4 rings (SSSR count). The monoisotopic (exact) mass is 265 g/mol. The second kappa shape index (κ2) is 3.48. The van der Waals surface area contributed by atoms with Gasteiger partial charge in [-0.25, -0.2) is 4.79 Å². The van der Waals surface area contributed by atoms with Gasteiger partial charge in [0.15, 0.2) is 5.60 Å². The van der Waals surface area contributed by atoms with Gasteiger partial charge >= 0.3 is 5.97 Å². The first-order chi connectivity index (χ1) is 9.56. The Balaban J connectivity index is 2.09. The van der Waals surface area contributed by atoms with Crippen LogP contribution in [0.25, 0.3) is 0 Å². The lowest BCUT2D eigenvalue weighted by Gasteiger charge is -2.37. The fraction of sp³-hybridized carbons (Fsp3) is 0.294. The summed E-state index contributed by atoms with van der Waals surface area (Å²) in [6, 6.07) is 9.98. The highest BCUT2D eigenvalue weighted by Crippen LogP contribution is 2.59. The van der Waals surface area contributed by atoms with E-state index in [0.717, 1.165) is 17.5 Å². The maximum absolute atomic E-state index is 12.3. The van der Waals surface area contributed by atoms with Gasteiger partial charge in [-0.3, -0.25) is 4.98 Å². The molecule has 1 aromatic heterocycles. The minimum absolute atomic E-state index is 0.180. The van der Waals surface area contributed by atoms with E-state index in [2.05, 4.69) is 31.0 Å². The van der Waals surface area contributed by atoms with Crippen molar-refractivity contribution in [1.82, 2.24) is 4.98 Å². The fourth-order valence-electron chi connectivity index (χ4n) is 3.79. The summed E-state index contributed by atoms with van der Waals surface area (Å²) in [5.74, 6) is -0.243. The molecule has 0 saturated heterocycles. The normalized spacial score (nSPS) is 25.4. The summed E-state index contributed by atoms with van der Waals surface area (Å²) in [7, 11) is 0. The van der Waals surface area contributed by atoms with Crippen LogP contribution in [0.3, 0.4) is 0 Å². The molecule has 1 aliphatic carbocycles. The topological polar surface area (TPSA) is 39.2 Å². The molecule has 2 aromatic rings. The van der Waals surface area contributed by atoms with Crippen LogP contribution in [0.5, 0.6) is 0 Å². The van der Waals surface area contributed by atoms with Crippen molar-refractivity contribution in [3.05, 3.63) is 65.0 Å². The lowest BCUT2D eigenvalue weighted by Crippen LogP contribution is -2.40. The van der Waals surface area contributed by atoms with Crippen molar-refractivity contribution >= 4 is 5.97 Å². The summed E-state index contributed by atoms with van der Waals surface area (Å²) >= 11 is 0. The molecule has 3 nitrogen and oxygen atoms in total. The summed E-state index contributed by atoms with van der Waals surface area (Å²) in [6.07, 6.45) is 4.32. The predicted octanol–water partition coefficient (Wildman–Crippen LogP) is 3.08. The molecular weight excluding hydrogens is 250 g/mol. The van der Waals surface area contributed by atoms with Crippen molar-refractivity contribution in [2.75, 3.05) is 0 Å². The first-order valence-corrected chi connectivity index (χ1v) is 6.82. The number of nitrogens with zero attached hydrogens (tertiary/aromatic N) is 1. The third kappa shape index (κ3) is 1.16. The average molecular weight is 265 g/mol. The van der Waals surface area contributed by atoms with Crippen molar-refractivity contribution < 1.29 is 9.53 Å². The number of benzene rings is 1. The summed E-state index contributed by atoms with van der Waals surface area (Å²) in [5, 5.41) is 0. The van der Waals surface area contributed by atoms with Crippen LogP contribution in [0.1, 0.15) is 40.9 Å². The Hall–Kier alpha value is -2.16. The zero-order valence-electron chi connectivity index (χ0n) is 11.5. The molecule has 0 saturated carbocycles. The van der Waals surface area contributed by atoms with Gasteiger partial charge in [0, 0.05) is 28.9 Å². The summed E-state index contributed by atoms with van der Waals surface area (Å²) < 4.78 is 5.94. The van der Waals surface area contributed by atoms with Gasteiger partial charge in [0.25, 0.3) is 0 Å². The standard InChI is InChI=1S/C17H15NO2/c1-16(2)9-11-5-3-4-6-13(11)17(16)14-10-18-8-7-12(14)15(19)20-17/h3-8,10H,9H2,1-2H3. The molecule has 100 valence electrons. The van der Waals surface area contributed by atoms with E-state index in [0.29, 0.717) is 5.56 Å². The maximum atomic E-state index is 12.3. The molecule has 1 atom stereocenters. The first-order valence-electron chi connectivity index (χ1n) is 6.82. The molecular formula is C17H15NO2. The van der Waals surface area contributed by atoms with E-state index < -0.39 is 5.60 Å². The largest absolute Gasteiger partial charge is 0.445 e. The molecule has 1 spiro atoms. The highest BCUT2D eigenvalue weighted by atomic mass is 16.6. The summed E-state index contributed by atoms with van der Waals surface area (Å²) in [4.78, 5) is 16.5. The number of aromatic nitrogens is 1. The second-order valence-corrected chi connectivity index (χ2v) is 6.21. The van der Waals surface area contributed by atoms with Crippen molar-refractivity contribution in [1.29, 1.82) is 0 Å². The zero-order chi connectivity index (χ0) is 14.0. The first kappa shape index (κ1) is 11.6. The highest BCUT2D eigenvalue weighted by molar-refractivity contribution is 5.95. The van der Waals surface area contributed by atoms with Gasteiger partial charge in [0.1, 0.15) is 0 Å². The van der Waals surface area contributed by atoms with E-state index in [1.807, 2.05) is 12.1 Å². The Kier molecular flexibility index (Phi) is 2.03. The molecule has 1 aliphatic heterocycles. The van der Waals surface area contributed by atoms with Crippen LogP contribution >= 0.6 is 0 Å². The summed E-state index contributed by atoms with van der Waals surface area (Å²) in [6.45, 7) is 4.31. The van der Waals surface area contributed by atoms with Crippen molar-refractivity contribution in [3.8, 4) is 0 Å². The predicted molar refractivity (Wildman–Crippen MR) is 74.4 cm³/mol. The van der Waals surface area contributed by atoms with E-state index in [1.54, 1.807) is 18.5 Å². The molecule has 0 fully saturated rings. The van der Waals surface area contributed by atoms with Gasteiger partial charge in [-0.1, -0.05) is 38.1 Å². The van der Waals surface area contributed by atoms with Gasteiger partial charge in [0.2, 0.25) is 0 Å². The number of hydrogen-bond acceptors (Lipinski definition) is 3. The molecule has 1 aromatic carbocycles. The fourth-order valence-corrected chi connectivity index (χ4v) is 3.79. The number of hydrogen-bond donors (Lipinski definition) is 0. The van der Waals surface area contributed by atoms with E-state index in [1.165, 1.54) is 5.56 Å². The molecule has 3 heteroatoms. The number of pyridine rings is 1. The van der Waals surface area contributed by atoms with E-state index in [9.17, 15) is 4.79 Å². The van der Waals surface area contributed by atoms with Crippen LogP contribution in [0, 0.1) is 5.41 Å². The van der Waals surface area contributed by atoms with Gasteiger partial charge < -0.3 is 4.74 Å². The number of esters is 1. The van der Waals surface area contributed by atoms with Crippen molar-refractivity contribution in [2.24, 2.45) is 5.41 Å². The number of ether oxygens (including phenoxy) is 1. The van der Waals surface area contributed by atoms with Gasteiger partial charge in [-0.15, -0.1) is 0 Å². The maximum Gasteiger partial charge on any atom is 0.339 e. The van der Waals surface area contributed by atoms with E-state index in [-0.39, 0.29) is 11.4 Å². The van der Waals surface area contributed by atoms with Crippen molar-refractivity contribution in [3.63, 3.8) is 0 Å². The average Bonchev–Trinajstić information content (AvgIpc) is 2.86. The Labute approximate surface area is 117 Å². The van der Waals surface area contributed by atoms with Gasteiger partial charge in [0.05, 0.1) is 5.56 Å². The summed E-state index contributed by atoms with van der Waals surface area (Å²) in [5.41, 5.74) is 3.03. The molecule has 0 radical (unpaired) electrons. The van der Waals surface area contributed by atoms with Crippen LogP contribution in [0.15, 0.2) is 42.7 Å². The van der Waals surface area contributed by atoms with E-state index in [4.69, 9.17) is 4.74 Å². The lowest BCUT2D eigenvalue weighted by molar-refractivity contribution is -0.0406. The zero-order valence-corrected chi connectivity index (χ0v) is 11.5. The van der Waals surface area contributed by atoms with Crippen LogP contribution in [0.4, 0.5) is 0 Å². The Morgan fingerprint density at radius 2 is 1.95 bits per heavy atom. The molecule has 1 unspecified atom stereocenters. The third-order valence-corrected chi connectivity index (χ3v) is 4.65. The molecule has 20 heavy (non-hydrogen) atoms. The van der Waals surface area contributed by atoms with Crippen LogP contribution in [0.2, 0.25) is 0 Å².